The van der Waals surface area contributed by atoms with Crippen LogP contribution in [0.3, 0.4) is 0 Å². The lowest BCUT2D eigenvalue weighted by molar-refractivity contribution is -0.139. The second-order valence-electron chi connectivity index (χ2n) is 6.07. The predicted molar refractivity (Wildman–Crippen MR) is 87.3 cm³/mol. The molecule has 1 fully saturated rings. The van der Waals surface area contributed by atoms with Gasteiger partial charge in [-0.25, -0.2) is 0 Å². The first-order chi connectivity index (χ1) is 10.4. The molecule has 0 saturated carbocycles. The number of halogens is 1. The highest BCUT2D eigenvalue weighted by molar-refractivity contribution is 6.30. The topological polar surface area (TPSA) is 49.8 Å². The molecule has 1 amide bonds. The molecule has 1 aromatic carbocycles. The van der Waals surface area contributed by atoms with Gasteiger partial charge in [-0.3, -0.25) is 4.79 Å². The fourth-order valence-corrected chi connectivity index (χ4v) is 3.07. The van der Waals surface area contributed by atoms with Crippen molar-refractivity contribution in [3.63, 3.8) is 0 Å². The molecule has 2 unspecified atom stereocenters. The van der Waals surface area contributed by atoms with Crippen LogP contribution in [0, 0.1) is 12.8 Å². The summed E-state index contributed by atoms with van der Waals surface area (Å²) in [5.74, 6) is 0.973. The SMILES string of the molecule is Cc1cc(Cl)ccc1OC(C)C(=O)N1CCC(C(C)O)CC1. The van der Waals surface area contributed by atoms with E-state index in [1.807, 2.05) is 24.8 Å². The zero-order valence-corrected chi connectivity index (χ0v) is 14.1. The largest absolute Gasteiger partial charge is 0.481 e. The van der Waals surface area contributed by atoms with Crippen molar-refractivity contribution in [2.45, 2.75) is 45.8 Å². The molecule has 22 heavy (non-hydrogen) atoms. The summed E-state index contributed by atoms with van der Waals surface area (Å²) in [6.07, 6.45) is 0.859. The molecule has 2 rings (SSSR count). The third-order valence-corrected chi connectivity index (χ3v) is 4.56. The average molecular weight is 326 g/mol. The quantitative estimate of drug-likeness (QED) is 0.925. The summed E-state index contributed by atoms with van der Waals surface area (Å²) < 4.78 is 5.79. The van der Waals surface area contributed by atoms with E-state index < -0.39 is 6.10 Å². The highest BCUT2D eigenvalue weighted by atomic mass is 35.5. The Morgan fingerprint density at radius 1 is 1.36 bits per heavy atom. The van der Waals surface area contributed by atoms with Gasteiger partial charge in [-0.05, 0) is 63.3 Å². The third kappa shape index (κ3) is 4.14. The molecule has 1 aromatic rings. The van der Waals surface area contributed by atoms with E-state index in [9.17, 15) is 9.90 Å². The molecule has 0 bridgehead atoms. The smallest absolute Gasteiger partial charge is 0.263 e. The summed E-state index contributed by atoms with van der Waals surface area (Å²) in [7, 11) is 0. The van der Waals surface area contributed by atoms with Crippen LogP contribution >= 0.6 is 11.6 Å². The standard InChI is InChI=1S/C17H24ClNO3/c1-11-10-15(18)4-5-16(11)22-13(3)17(21)19-8-6-14(7-9-19)12(2)20/h4-5,10,12-14,20H,6-9H2,1-3H3. The van der Waals surface area contributed by atoms with Gasteiger partial charge in [-0.1, -0.05) is 11.6 Å². The minimum Gasteiger partial charge on any atom is -0.481 e. The monoisotopic (exact) mass is 325 g/mol. The van der Waals surface area contributed by atoms with E-state index in [1.165, 1.54) is 0 Å². The van der Waals surface area contributed by atoms with Gasteiger partial charge in [0.25, 0.3) is 5.91 Å². The van der Waals surface area contributed by atoms with Crippen LogP contribution in [0.4, 0.5) is 0 Å². The second kappa shape index (κ2) is 7.34. The van der Waals surface area contributed by atoms with E-state index in [1.54, 1.807) is 19.1 Å². The molecule has 4 nitrogen and oxygen atoms in total. The Hall–Kier alpha value is -1.26. The van der Waals surface area contributed by atoms with E-state index in [2.05, 4.69) is 0 Å². The van der Waals surface area contributed by atoms with Gasteiger partial charge in [-0.15, -0.1) is 0 Å². The number of amides is 1. The summed E-state index contributed by atoms with van der Waals surface area (Å²) in [6.45, 7) is 6.87. The molecule has 5 heteroatoms. The lowest BCUT2D eigenvalue weighted by atomic mass is 9.92. The van der Waals surface area contributed by atoms with E-state index in [0.717, 1.165) is 18.4 Å². The number of piperidine rings is 1. The average Bonchev–Trinajstić information content (AvgIpc) is 2.49. The number of nitrogens with zero attached hydrogens (tertiary/aromatic N) is 1. The van der Waals surface area contributed by atoms with Gasteiger partial charge in [0.2, 0.25) is 0 Å². The van der Waals surface area contributed by atoms with Crippen LogP contribution in [0.2, 0.25) is 5.02 Å². The molecule has 0 radical (unpaired) electrons. The maximum atomic E-state index is 12.5. The maximum absolute atomic E-state index is 12.5. The van der Waals surface area contributed by atoms with Crippen LogP contribution < -0.4 is 4.74 Å². The lowest BCUT2D eigenvalue weighted by Crippen LogP contribution is -2.46. The number of aliphatic hydroxyl groups excluding tert-OH is 1. The molecule has 0 aliphatic carbocycles. The molecule has 0 aromatic heterocycles. The number of aliphatic hydroxyl groups is 1. The highest BCUT2D eigenvalue weighted by Crippen LogP contribution is 2.24. The molecule has 1 aliphatic rings. The van der Waals surface area contributed by atoms with Crippen molar-refractivity contribution in [2.24, 2.45) is 5.92 Å². The third-order valence-electron chi connectivity index (χ3n) is 4.32. The van der Waals surface area contributed by atoms with Crippen LogP contribution in [0.25, 0.3) is 0 Å². The van der Waals surface area contributed by atoms with Gasteiger partial charge in [-0.2, -0.15) is 0 Å². The van der Waals surface area contributed by atoms with Gasteiger partial charge < -0.3 is 14.7 Å². The zero-order chi connectivity index (χ0) is 16.3. The molecule has 2 atom stereocenters. The number of ether oxygens (including phenoxy) is 1. The van der Waals surface area contributed by atoms with Gasteiger partial charge in [0.05, 0.1) is 6.10 Å². The normalized spacial score (nSPS) is 18.9. The zero-order valence-electron chi connectivity index (χ0n) is 13.4. The summed E-state index contributed by atoms with van der Waals surface area (Å²) >= 11 is 5.93. The van der Waals surface area contributed by atoms with Crippen molar-refractivity contribution in [2.75, 3.05) is 13.1 Å². The van der Waals surface area contributed by atoms with Crippen LogP contribution in [0.1, 0.15) is 32.3 Å². The Morgan fingerprint density at radius 3 is 2.55 bits per heavy atom. The van der Waals surface area contributed by atoms with Gasteiger partial charge >= 0.3 is 0 Å². The molecular formula is C17H24ClNO3. The number of benzene rings is 1. The van der Waals surface area contributed by atoms with E-state index in [0.29, 0.717) is 29.8 Å². The second-order valence-corrected chi connectivity index (χ2v) is 6.51. The molecule has 1 N–H and O–H groups in total. The fourth-order valence-electron chi connectivity index (χ4n) is 2.85. The first kappa shape index (κ1) is 17.1. The number of hydrogen-bond donors (Lipinski definition) is 1. The van der Waals surface area contributed by atoms with Crippen molar-refractivity contribution >= 4 is 17.5 Å². The van der Waals surface area contributed by atoms with Crippen molar-refractivity contribution in [3.05, 3.63) is 28.8 Å². The van der Waals surface area contributed by atoms with Gasteiger partial charge in [0.15, 0.2) is 6.10 Å². The first-order valence-electron chi connectivity index (χ1n) is 7.78. The van der Waals surface area contributed by atoms with Crippen molar-refractivity contribution in [1.82, 2.24) is 4.90 Å². The summed E-state index contributed by atoms with van der Waals surface area (Å²) in [6, 6.07) is 5.37. The summed E-state index contributed by atoms with van der Waals surface area (Å²) in [5, 5.41) is 10.3. The molecule has 1 saturated heterocycles. The summed E-state index contributed by atoms with van der Waals surface area (Å²) in [5.41, 5.74) is 0.917. The number of carbonyl (C=O) groups is 1. The summed E-state index contributed by atoms with van der Waals surface area (Å²) in [4.78, 5) is 14.3. The van der Waals surface area contributed by atoms with Crippen molar-refractivity contribution in [3.8, 4) is 5.75 Å². The Balaban J connectivity index is 1.92. The van der Waals surface area contributed by atoms with Crippen molar-refractivity contribution < 1.29 is 14.6 Å². The van der Waals surface area contributed by atoms with Crippen LogP contribution in [0.15, 0.2) is 18.2 Å². The van der Waals surface area contributed by atoms with Crippen LogP contribution in [-0.4, -0.2) is 41.2 Å². The van der Waals surface area contributed by atoms with E-state index in [4.69, 9.17) is 16.3 Å². The molecule has 122 valence electrons. The Kier molecular flexibility index (Phi) is 5.70. The number of hydrogen-bond acceptors (Lipinski definition) is 3. The molecule has 1 aliphatic heterocycles. The van der Waals surface area contributed by atoms with E-state index in [-0.39, 0.29) is 12.0 Å². The lowest BCUT2D eigenvalue weighted by Gasteiger charge is -2.34. The van der Waals surface area contributed by atoms with Gasteiger partial charge in [0, 0.05) is 18.1 Å². The Morgan fingerprint density at radius 2 is 2.00 bits per heavy atom. The minimum absolute atomic E-state index is 0.00149. The van der Waals surface area contributed by atoms with Crippen LogP contribution in [0.5, 0.6) is 5.75 Å². The molecule has 1 heterocycles. The fraction of sp³-hybridized carbons (Fsp3) is 0.588. The minimum atomic E-state index is -0.525. The van der Waals surface area contributed by atoms with Crippen molar-refractivity contribution in [1.29, 1.82) is 0 Å². The molecule has 0 spiro atoms. The Labute approximate surface area is 137 Å². The van der Waals surface area contributed by atoms with Crippen LogP contribution in [-0.2, 0) is 4.79 Å². The first-order valence-corrected chi connectivity index (χ1v) is 8.16. The number of carbonyl (C=O) groups excluding carboxylic acids is 1. The molecular weight excluding hydrogens is 302 g/mol. The highest BCUT2D eigenvalue weighted by Gasteiger charge is 2.28. The van der Waals surface area contributed by atoms with E-state index >= 15 is 0 Å². The van der Waals surface area contributed by atoms with Gasteiger partial charge in [0.1, 0.15) is 5.75 Å². The number of rotatable bonds is 4. The maximum Gasteiger partial charge on any atom is 0.263 e. The Bertz CT molecular complexity index is 525. The predicted octanol–water partition coefficient (Wildman–Crippen LogP) is 3.04. The number of aryl methyl sites for hydroxylation is 1. The number of likely N-dealkylation sites (tertiary alicyclic amines) is 1.